The number of hydrogen-bond acceptors (Lipinski definition) is 3. The minimum absolute atomic E-state index is 0.199. The Morgan fingerprint density at radius 3 is 2.83 bits per heavy atom. The summed E-state index contributed by atoms with van der Waals surface area (Å²) in [4.78, 5) is 8.32. The molecule has 0 atom stereocenters. The van der Waals surface area contributed by atoms with Gasteiger partial charge in [-0.1, -0.05) is 31.4 Å². The lowest BCUT2D eigenvalue weighted by atomic mass is 10.1. The van der Waals surface area contributed by atoms with E-state index in [0.717, 1.165) is 0 Å². The molecule has 0 unspecified atom stereocenters. The molecule has 24 heavy (non-hydrogen) atoms. The number of benzene rings is 1. The number of halogens is 2. The Morgan fingerprint density at radius 2 is 2.12 bits per heavy atom. The molecule has 5 nitrogen and oxygen atoms in total. The Kier molecular flexibility index (Phi) is 3.22. The van der Waals surface area contributed by atoms with Crippen molar-refractivity contribution in [2.45, 2.75) is 20.4 Å². The van der Waals surface area contributed by atoms with Crippen LogP contribution in [0.15, 0.2) is 18.5 Å². The highest BCUT2D eigenvalue weighted by Gasteiger charge is 2.22. The molecule has 7 heteroatoms. The predicted octanol–water partition coefficient (Wildman–Crippen LogP) is 3.66. The van der Waals surface area contributed by atoms with Gasteiger partial charge in [-0.15, -0.1) is 6.42 Å². The molecule has 0 aliphatic rings. The van der Waals surface area contributed by atoms with Crippen molar-refractivity contribution in [3.05, 3.63) is 35.0 Å². The lowest BCUT2D eigenvalue weighted by Gasteiger charge is -2.11. The van der Waals surface area contributed by atoms with E-state index >= 15 is 0 Å². The zero-order valence-corrected chi connectivity index (χ0v) is 13.8. The van der Waals surface area contributed by atoms with Crippen LogP contribution in [0, 0.1) is 24.1 Å². The first-order valence-electron chi connectivity index (χ1n) is 7.48. The number of rotatable bonds is 2. The minimum atomic E-state index is -0.420. The maximum Gasteiger partial charge on any atom is 0.255 e. The summed E-state index contributed by atoms with van der Waals surface area (Å²) in [6.45, 7) is 4.82. The van der Waals surface area contributed by atoms with Crippen LogP contribution >= 0.6 is 11.6 Å². The normalized spacial score (nSPS) is 11.8. The van der Waals surface area contributed by atoms with Gasteiger partial charge in [0.25, 0.3) is 5.78 Å². The van der Waals surface area contributed by atoms with Crippen LogP contribution in [0.2, 0.25) is 5.15 Å². The van der Waals surface area contributed by atoms with Crippen molar-refractivity contribution >= 4 is 39.3 Å². The molecule has 4 rings (SSSR count). The molecule has 0 saturated carbocycles. The number of fused-ring (bicyclic) bond motifs is 5. The van der Waals surface area contributed by atoms with E-state index < -0.39 is 5.82 Å². The van der Waals surface area contributed by atoms with E-state index in [-0.39, 0.29) is 5.15 Å². The number of terminal acetylenes is 1. The highest BCUT2D eigenvalue weighted by molar-refractivity contribution is 6.36. The van der Waals surface area contributed by atoms with Gasteiger partial charge < -0.3 is 4.57 Å². The third-order valence-electron chi connectivity index (χ3n) is 3.94. The van der Waals surface area contributed by atoms with Crippen molar-refractivity contribution in [1.29, 1.82) is 0 Å². The Labute approximate surface area is 142 Å². The average Bonchev–Trinajstić information content (AvgIpc) is 3.10. The van der Waals surface area contributed by atoms with E-state index in [1.54, 1.807) is 10.6 Å². The standard InChI is InChI=1S/C17H13ClFN5/c1-4-10-5-11(19)13-12(6-10)23(7-9(2)3)16-14(13)15(18)22-17-20-8-21-24(16)17/h1,5-6,8-9H,7H2,2-3H3. The van der Waals surface area contributed by atoms with Gasteiger partial charge in [-0.05, 0) is 18.1 Å². The highest BCUT2D eigenvalue weighted by atomic mass is 35.5. The fraction of sp³-hybridized carbons (Fsp3) is 0.235. The fourth-order valence-electron chi connectivity index (χ4n) is 3.07. The first-order valence-corrected chi connectivity index (χ1v) is 7.86. The minimum Gasteiger partial charge on any atom is -0.325 e. The zero-order valence-electron chi connectivity index (χ0n) is 13.1. The molecule has 0 fully saturated rings. The van der Waals surface area contributed by atoms with Crippen LogP contribution in [-0.4, -0.2) is 24.1 Å². The molecule has 0 radical (unpaired) electrons. The van der Waals surface area contributed by atoms with Gasteiger partial charge in [-0.3, -0.25) is 0 Å². The lowest BCUT2D eigenvalue weighted by Crippen LogP contribution is -2.07. The molecule has 0 saturated heterocycles. The molecule has 0 bridgehead atoms. The van der Waals surface area contributed by atoms with Gasteiger partial charge >= 0.3 is 0 Å². The SMILES string of the molecule is C#Cc1cc(F)c2c3c(Cl)nc4ncnn4c3n(CC(C)C)c2c1. The summed E-state index contributed by atoms with van der Waals surface area (Å²) in [6, 6.07) is 3.13. The molecule has 0 amide bonds. The van der Waals surface area contributed by atoms with Crippen molar-refractivity contribution in [2.75, 3.05) is 0 Å². The molecule has 0 spiro atoms. The number of hydrogen-bond donors (Lipinski definition) is 0. The lowest BCUT2D eigenvalue weighted by molar-refractivity contribution is 0.540. The van der Waals surface area contributed by atoms with Crippen LogP contribution in [0.25, 0.3) is 27.7 Å². The number of aromatic nitrogens is 5. The van der Waals surface area contributed by atoms with E-state index in [4.69, 9.17) is 18.0 Å². The molecular weight excluding hydrogens is 329 g/mol. The second-order valence-electron chi connectivity index (χ2n) is 6.07. The predicted molar refractivity (Wildman–Crippen MR) is 91.5 cm³/mol. The van der Waals surface area contributed by atoms with Crippen molar-refractivity contribution in [1.82, 2.24) is 24.1 Å². The van der Waals surface area contributed by atoms with Crippen molar-refractivity contribution in [3.63, 3.8) is 0 Å². The van der Waals surface area contributed by atoms with E-state index in [1.807, 2.05) is 4.57 Å². The van der Waals surface area contributed by atoms with E-state index in [2.05, 4.69) is 34.8 Å². The molecule has 120 valence electrons. The van der Waals surface area contributed by atoms with Crippen LogP contribution in [-0.2, 0) is 6.54 Å². The smallest absolute Gasteiger partial charge is 0.255 e. The van der Waals surface area contributed by atoms with Gasteiger partial charge in [-0.2, -0.15) is 19.6 Å². The molecular formula is C17H13ClFN5. The highest BCUT2D eigenvalue weighted by Crippen LogP contribution is 2.36. The van der Waals surface area contributed by atoms with E-state index in [0.29, 0.717) is 45.7 Å². The third-order valence-corrected chi connectivity index (χ3v) is 4.21. The van der Waals surface area contributed by atoms with Gasteiger partial charge in [-0.25, -0.2) is 4.39 Å². The van der Waals surface area contributed by atoms with Crippen molar-refractivity contribution in [3.8, 4) is 12.3 Å². The Hall–Kier alpha value is -2.65. The van der Waals surface area contributed by atoms with Gasteiger partial charge in [0, 0.05) is 17.5 Å². The van der Waals surface area contributed by atoms with Crippen LogP contribution in [0.1, 0.15) is 19.4 Å². The second kappa shape index (κ2) is 5.18. The summed E-state index contributed by atoms with van der Waals surface area (Å²) in [5, 5.41) is 5.35. The summed E-state index contributed by atoms with van der Waals surface area (Å²) < 4.78 is 18.3. The van der Waals surface area contributed by atoms with Crippen LogP contribution in [0.4, 0.5) is 4.39 Å². The molecule has 3 heterocycles. The molecule has 4 aromatic rings. The quantitative estimate of drug-likeness (QED) is 0.413. The third kappa shape index (κ3) is 1.98. The van der Waals surface area contributed by atoms with E-state index in [1.165, 1.54) is 12.4 Å². The molecule has 3 aromatic heterocycles. The first-order chi connectivity index (χ1) is 11.5. The van der Waals surface area contributed by atoms with E-state index in [9.17, 15) is 4.39 Å². The van der Waals surface area contributed by atoms with Gasteiger partial charge in [0.05, 0.1) is 10.9 Å². The maximum atomic E-state index is 14.8. The summed E-state index contributed by atoms with van der Waals surface area (Å²) in [5.74, 6) is 2.77. The van der Waals surface area contributed by atoms with Crippen molar-refractivity contribution in [2.24, 2.45) is 5.92 Å². The number of nitrogens with zero attached hydrogens (tertiary/aromatic N) is 5. The van der Waals surface area contributed by atoms with Gasteiger partial charge in [0.15, 0.2) is 0 Å². The Balaban J connectivity index is 2.32. The first kappa shape index (κ1) is 14.9. The summed E-state index contributed by atoms with van der Waals surface area (Å²) in [6.07, 6.45) is 6.87. The summed E-state index contributed by atoms with van der Waals surface area (Å²) in [7, 11) is 0. The molecule has 0 aliphatic carbocycles. The maximum absolute atomic E-state index is 14.8. The Morgan fingerprint density at radius 1 is 1.33 bits per heavy atom. The largest absolute Gasteiger partial charge is 0.325 e. The monoisotopic (exact) mass is 341 g/mol. The topological polar surface area (TPSA) is 48.0 Å². The van der Waals surface area contributed by atoms with Gasteiger partial charge in [0.2, 0.25) is 0 Å². The molecule has 0 aliphatic heterocycles. The van der Waals surface area contributed by atoms with Crippen LogP contribution in [0.5, 0.6) is 0 Å². The Bertz CT molecular complexity index is 1150. The van der Waals surface area contributed by atoms with Gasteiger partial charge in [0.1, 0.15) is 22.9 Å². The average molecular weight is 342 g/mol. The molecule has 0 N–H and O–H groups in total. The summed E-state index contributed by atoms with van der Waals surface area (Å²) >= 11 is 6.35. The second-order valence-corrected chi connectivity index (χ2v) is 6.43. The van der Waals surface area contributed by atoms with Crippen LogP contribution in [0.3, 0.4) is 0 Å². The van der Waals surface area contributed by atoms with Crippen molar-refractivity contribution < 1.29 is 4.39 Å². The zero-order chi connectivity index (χ0) is 17.0. The summed E-state index contributed by atoms with van der Waals surface area (Å²) in [5.41, 5.74) is 1.82. The fourth-order valence-corrected chi connectivity index (χ4v) is 3.32. The molecule has 1 aromatic carbocycles. The van der Waals surface area contributed by atoms with Crippen LogP contribution < -0.4 is 0 Å².